The van der Waals surface area contributed by atoms with Crippen molar-refractivity contribution in [2.75, 3.05) is 0 Å². The molecule has 80 heavy (non-hydrogen) atoms. The van der Waals surface area contributed by atoms with E-state index in [0.29, 0.717) is 69.9 Å². The highest BCUT2D eigenvalue weighted by molar-refractivity contribution is 5.89. The lowest BCUT2D eigenvalue weighted by Gasteiger charge is -2.22. The molecule has 0 aliphatic carbocycles. The highest BCUT2D eigenvalue weighted by Gasteiger charge is 2.55. The van der Waals surface area contributed by atoms with Gasteiger partial charge in [0.2, 0.25) is 11.8 Å². The lowest BCUT2D eigenvalue weighted by atomic mass is 9.93. The molecule has 0 spiro atoms. The number of pyridine rings is 2. The molecule has 410 valence electrons. The number of rotatable bonds is 7. The number of nitrogens with zero attached hydrogens (tertiary/aromatic N) is 4. The predicted molar refractivity (Wildman–Crippen MR) is 255 cm³/mol. The van der Waals surface area contributed by atoms with Crippen molar-refractivity contribution in [1.29, 1.82) is 0 Å². The highest BCUT2D eigenvalue weighted by atomic mass is 19.4. The Morgan fingerprint density at radius 2 is 0.700 bits per heavy atom. The minimum absolute atomic E-state index is 0.0637. The summed E-state index contributed by atoms with van der Waals surface area (Å²) in [5, 5.41) is 0. The first kappa shape index (κ1) is 54.6. The molecule has 24 heteroatoms. The van der Waals surface area contributed by atoms with Crippen molar-refractivity contribution in [2.24, 2.45) is 0 Å². The molecule has 4 heterocycles. The Morgan fingerprint density at radius 1 is 0.312 bits per heavy atom. The summed E-state index contributed by atoms with van der Waals surface area (Å²) >= 11 is 0. The molecule has 0 unspecified atom stereocenters. The topological polar surface area (TPSA) is 77.8 Å². The molecule has 0 N–H and O–H groups in total. The van der Waals surface area contributed by atoms with Crippen LogP contribution >= 0.6 is 0 Å². The molecule has 0 radical (unpaired) electrons. The summed E-state index contributed by atoms with van der Waals surface area (Å²) in [4.78, 5) is 16.8. The molecule has 0 bridgehead atoms. The minimum Gasteiger partial charge on any atom is -0.436 e. The number of hydrogen-bond acceptors (Lipinski definition) is 6. The lowest BCUT2D eigenvalue weighted by molar-refractivity contribution is -0.174. The van der Waals surface area contributed by atoms with Crippen LogP contribution in [0.2, 0.25) is 0 Å². The number of benzene rings is 6. The van der Waals surface area contributed by atoms with Crippen molar-refractivity contribution < 1.29 is 87.9 Å². The maximum absolute atomic E-state index is 14.2. The monoisotopic (exact) mass is 1130 g/mol. The van der Waals surface area contributed by atoms with E-state index in [1.165, 1.54) is 48.5 Å². The van der Waals surface area contributed by atoms with Gasteiger partial charge in [-0.1, -0.05) is 78.9 Å². The number of fused-ring (bicyclic) bond motifs is 2. The summed E-state index contributed by atoms with van der Waals surface area (Å²) in [6.45, 7) is 1.14. The summed E-state index contributed by atoms with van der Waals surface area (Å²) < 4.78 is 264. The van der Waals surface area contributed by atoms with Gasteiger partial charge in [-0.05, 0) is 95.8 Å². The number of hydrogen-bond donors (Lipinski definition) is 0. The van der Waals surface area contributed by atoms with Gasteiger partial charge in [0.15, 0.2) is 11.2 Å². The van der Waals surface area contributed by atoms with Gasteiger partial charge in [-0.3, -0.25) is 4.98 Å². The average Bonchev–Trinajstić information content (AvgIpc) is 4.06. The molecule has 0 amide bonds. The third kappa shape index (κ3) is 9.94. The van der Waals surface area contributed by atoms with E-state index in [0.717, 1.165) is 0 Å². The molecule has 0 aliphatic rings. The van der Waals surface area contributed by atoms with Crippen LogP contribution in [-0.4, -0.2) is 19.9 Å². The molecule has 0 saturated carbocycles. The summed E-state index contributed by atoms with van der Waals surface area (Å²) in [6.07, 6.45) is -34.1. The predicted octanol–water partition coefficient (Wildman–Crippen LogP) is 19.2. The molecule has 0 fully saturated rings. The zero-order valence-corrected chi connectivity index (χ0v) is 40.1. The molecule has 0 aliphatic heterocycles. The Bertz CT molecular complexity index is 4000. The molecular formula is C56H28F18N4O2. The summed E-state index contributed by atoms with van der Waals surface area (Å²) in [5.41, 5.74) is -18.4. The van der Waals surface area contributed by atoms with Crippen LogP contribution in [0.15, 0.2) is 142 Å². The Kier molecular flexibility index (Phi) is 13.0. The van der Waals surface area contributed by atoms with Crippen LogP contribution in [-0.2, 0) is 37.1 Å². The van der Waals surface area contributed by atoms with Crippen molar-refractivity contribution in [2.45, 2.75) is 50.9 Å². The van der Waals surface area contributed by atoms with E-state index in [9.17, 15) is 79.0 Å². The van der Waals surface area contributed by atoms with Crippen molar-refractivity contribution in [3.8, 4) is 78.9 Å². The Morgan fingerprint density at radius 3 is 1.14 bits per heavy atom. The highest BCUT2D eigenvalue weighted by Crippen LogP contribution is 2.54. The second-order valence-corrected chi connectivity index (χ2v) is 18.0. The molecule has 6 nitrogen and oxygen atoms in total. The maximum Gasteiger partial charge on any atom is 0.420 e. The van der Waals surface area contributed by atoms with E-state index in [4.69, 9.17) is 13.8 Å². The van der Waals surface area contributed by atoms with Crippen LogP contribution in [0.1, 0.15) is 44.5 Å². The van der Waals surface area contributed by atoms with Crippen LogP contribution < -0.4 is 0 Å². The minimum atomic E-state index is -6.08. The SMILES string of the molecule is Cc1c(C(F)(F)F)c(C(F)(F)F)c(C(F)(F)F)c2oc(-c3ccc(-c4ccc(-c5ccc(-c6ccccn6)nc5-c5ccc(-c6ccc(-c7nc8c(C(F)(F)F)c(C(F)(F)F)c(C(F)(F)F)c(C)c8o7)cc6)cc5)cc4)cc3)nc12. The van der Waals surface area contributed by atoms with Crippen LogP contribution in [0.4, 0.5) is 79.0 Å². The fourth-order valence-electron chi connectivity index (χ4n) is 9.49. The maximum atomic E-state index is 14.2. The summed E-state index contributed by atoms with van der Waals surface area (Å²) in [6, 6.07) is 33.8. The van der Waals surface area contributed by atoms with Crippen molar-refractivity contribution in [1.82, 2.24) is 19.9 Å². The van der Waals surface area contributed by atoms with Gasteiger partial charge in [0, 0.05) is 34.0 Å². The summed E-state index contributed by atoms with van der Waals surface area (Å²) in [7, 11) is 0. The first-order chi connectivity index (χ1) is 37.3. The first-order valence-electron chi connectivity index (χ1n) is 23.0. The number of aromatic nitrogens is 4. The van der Waals surface area contributed by atoms with Gasteiger partial charge in [-0.15, -0.1) is 0 Å². The van der Waals surface area contributed by atoms with Crippen molar-refractivity contribution in [3.05, 3.63) is 178 Å². The molecule has 4 aromatic heterocycles. The van der Waals surface area contributed by atoms with Crippen LogP contribution in [0, 0.1) is 13.8 Å². The lowest BCUT2D eigenvalue weighted by Crippen LogP contribution is -2.24. The quantitative estimate of drug-likeness (QED) is 0.148. The van der Waals surface area contributed by atoms with E-state index in [1.807, 2.05) is 6.07 Å². The number of oxazole rings is 2. The van der Waals surface area contributed by atoms with Gasteiger partial charge in [0.1, 0.15) is 16.6 Å². The normalized spacial score (nSPS) is 13.0. The molecule has 10 rings (SSSR count). The second kappa shape index (κ2) is 19.0. The van der Waals surface area contributed by atoms with Gasteiger partial charge in [0.05, 0.1) is 44.9 Å². The molecular weight excluding hydrogens is 1100 g/mol. The zero-order valence-electron chi connectivity index (χ0n) is 40.1. The number of halogens is 18. The third-order valence-electron chi connectivity index (χ3n) is 13.0. The van der Waals surface area contributed by atoms with Crippen LogP contribution in [0.25, 0.3) is 101 Å². The van der Waals surface area contributed by atoms with E-state index < -0.39 is 116 Å². The van der Waals surface area contributed by atoms with Crippen LogP contribution in [0.3, 0.4) is 0 Å². The van der Waals surface area contributed by atoms with Crippen molar-refractivity contribution in [3.63, 3.8) is 0 Å². The number of aryl methyl sites for hydroxylation is 2. The first-order valence-corrected chi connectivity index (χ1v) is 23.0. The zero-order chi connectivity index (χ0) is 57.8. The molecule has 6 aromatic carbocycles. The Labute approximate surface area is 437 Å². The van der Waals surface area contributed by atoms with E-state index in [-0.39, 0.29) is 11.1 Å². The van der Waals surface area contributed by atoms with E-state index in [1.54, 1.807) is 79.0 Å². The molecule has 10 aromatic rings. The molecule has 0 atom stereocenters. The summed E-state index contributed by atoms with van der Waals surface area (Å²) in [5.74, 6) is -1.34. The van der Waals surface area contributed by atoms with Gasteiger partial charge in [-0.25, -0.2) is 15.0 Å². The van der Waals surface area contributed by atoms with Gasteiger partial charge in [-0.2, -0.15) is 79.0 Å². The largest absolute Gasteiger partial charge is 0.436 e. The smallest absolute Gasteiger partial charge is 0.420 e. The fourth-order valence-corrected chi connectivity index (χ4v) is 9.49. The van der Waals surface area contributed by atoms with E-state index >= 15 is 0 Å². The second-order valence-electron chi connectivity index (χ2n) is 18.0. The van der Waals surface area contributed by atoms with Gasteiger partial charge < -0.3 is 8.83 Å². The standard InChI is InChI=1S/C56H28F18N4O2/c1-25-38(51(57,58)59)41(54(66,67)68)43(56(72,73)74)48-44(25)77-49(80-48)33-18-10-29(11-19-33)27-6-14-31(15-7-27)35-22-23-37(36-5-3-4-24-75-36)76-45(35)32-16-8-28(9-17-32)30-12-20-34(21-13-30)50-78-46-42(55(69,70)71)40(53(63,64)65)39(52(60,61)62)26(2)47(46)79-50/h3-24H,1-2H3. The van der Waals surface area contributed by atoms with Gasteiger partial charge >= 0.3 is 37.1 Å². The Hall–Kier alpha value is -8.70. The van der Waals surface area contributed by atoms with Crippen molar-refractivity contribution >= 4 is 22.2 Å². The average molecular weight is 1130 g/mol. The Balaban J connectivity index is 0.952. The number of alkyl halides is 18. The van der Waals surface area contributed by atoms with Crippen LogP contribution in [0.5, 0.6) is 0 Å². The fraction of sp³-hybridized carbons (Fsp3) is 0.143. The molecule has 0 saturated heterocycles. The van der Waals surface area contributed by atoms with E-state index in [2.05, 4.69) is 15.0 Å². The third-order valence-corrected chi connectivity index (χ3v) is 13.0. The van der Waals surface area contributed by atoms with Gasteiger partial charge in [0.25, 0.3) is 0 Å².